The molecule has 1 aromatic heterocycles. The number of ether oxygens (including phenoxy) is 1. The standard InChI is InChI=1S/C25H22N4O3/c1-17-13-18(2)15-21(14-17)32-25-23(29(30)31)24(26-16-27-25)28-22(19-9-5-3-6-10-19)20-11-7-4-8-12-20/h3-16,22H,1-2H3,(H,26,27,28). The van der Waals surface area contributed by atoms with Crippen LogP contribution in [0.5, 0.6) is 11.6 Å². The fourth-order valence-corrected chi connectivity index (χ4v) is 3.60. The fraction of sp³-hybridized carbons (Fsp3) is 0.120. The van der Waals surface area contributed by atoms with Crippen molar-refractivity contribution in [2.45, 2.75) is 19.9 Å². The van der Waals surface area contributed by atoms with Gasteiger partial charge in [0.1, 0.15) is 12.1 Å². The van der Waals surface area contributed by atoms with Crippen LogP contribution < -0.4 is 10.1 Å². The van der Waals surface area contributed by atoms with Crippen molar-refractivity contribution in [1.29, 1.82) is 0 Å². The van der Waals surface area contributed by atoms with Crippen LogP contribution in [-0.2, 0) is 0 Å². The van der Waals surface area contributed by atoms with Gasteiger partial charge < -0.3 is 10.1 Å². The van der Waals surface area contributed by atoms with Crippen LogP contribution in [0.1, 0.15) is 28.3 Å². The number of benzene rings is 3. The Morgan fingerprint density at radius 2 is 1.44 bits per heavy atom. The lowest BCUT2D eigenvalue weighted by atomic mass is 9.99. The molecule has 0 saturated heterocycles. The summed E-state index contributed by atoms with van der Waals surface area (Å²) in [6.07, 6.45) is 1.26. The number of aryl methyl sites for hydroxylation is 2. The predicted octanol–water partition coefficient (Wildman–Crippen LogP) is 6.00. The first-order valence-electron chi connectivity index (χ1n) is 10.1. The van der Waals surface area contributed by atoms with Crippen molar-refractivity contribution in [2.24, 2.45) is 0 Å². The number of anilines is 1. The van der Waals surface area contributed by atoms with E-state index < -0.39 is 4.92 Å². The molecule has 4 aromatic rings. The summed E-state index contributed by atoms with van der Waals surface area (Å²) < 4.78 is 5.83. The lowest BCUT2D eigenvalue weighted by Crippen LogP contribution is -2.15. The monoisotopic (exact) mass is 426 g/mol. The van der Waals surface area contributed by atoms with Crippen LogP contribution >= 0.6 is 0 Å². The van der Waals surface area contributed by atoms with Gasteiger partial charge in [-0.25, -0.2) is 4.98 Å². The van der Waals surface area contributed by atoms with E-state index in [2.05, 4.69) is 15.3 Å². The number of rotatable bonds is 7. The number of hydrogen-bond donors (Lipinski definition) is 1. The Bertz CT molecular complexity index is 1170. The molecule has 7 nitrogen and oxygen atoms in total. The molecule has 4 rings (SSSR count). The van der Waals surface area contributed by atoms with Gasteiger partial charge in [-0.1, -0.05) is 66.7 Å². The third-order valence-electron chi connectivity index (χ3n) is 4.93. The molecule has 0 aliphatic rings. The van der Waals surface area contributed by atoms with Gasteiger partial charge in [0, 0.05) is 0 Å². The molecule has 0 aliphatic carbocycles. The number of nitrogens with zero attached hydrogens (tertiary/aromatic N) is 3. The summed E-state index contributed by atoms with van der Waals surface area (Å²) in [5, 5.41) is 15.3. The molecule has 0 spiro atoms. The van der Waals surface area contributed by atoms with Crippen molar-refractivity contribution in [3.8, 4) is 11.6 Å². The van der Waals surface area contributed by atoms with E-state index in [0.29, 0.717) is 5.75 Å². The highest BCUT2D eigenvalue weighted by molar-refractivity contribution is 5.63. The molecule has 1 N–H and O–H groups in total. The molecule has 32 heavy (non-hydrogen) atoms. The minimum absolute atomic E-state index is 0.0853. The predicted molar refractivity (Wildman–Crippen MR) is 123 cm³/mol. The van der Waals surface area contributed by atoms with Crippen LogP contribution in [0.3, 0.4) is 0 Å². The molecule has 160 valence electrons. The number of hydrogen-bond acceptors (Lipinski definition) is 6. The third-order valence-corrected chi connectivity index (χ3v) is 4.93. The average Bonchev–Trinajstić information content (AvgIpc) is 2.78. The molecule has 0 radical (unpaired) electrons. The SMILES string of the molecule is Cc1cc(C)cc(Oc2ncnc(NC(c3ccccc3)c3ccccc3)c2[N+](=O)[O-])c1. The van der Waals surface area contributed by atoms with Crippen LogP contribution in [0, 0.1) is 24.0 Å². The van der Waals surface area contributed by atoms with Crippen molar-refractivity contribution in [3.05, 3.63) is 118 Å². The van der Waals surface area contributed by atoms with E-state index in [-0.39, 0.29) is 23.4 Å². The van der Waals surface area contributed by atoms with Gasteiger partial charge in [0.05, 0.1) is 11.0 Å². The largest absolute Gasteiger partial charge is 0.434 e. The Labute approximate surface area is 185 Å². The summed E-state index contributed by atoms with van der Waals surface area (Å²) in [6, 6.07) is 24.7. The third kappa shape index (κ3) is 4.73. The molecular formula is C25H22N4O3. The first-order chi connectivity index (χ1) is 15.5. The van der Waals surface area contributed by atoms with Crippen molar-refractivity contribution in [1.82, 2.24) is 9.97 Å². The van der Waals surface area contributed by atoms with E-state index in [4.69, 9.17) is 4.74 Å². The zero-order valence-corrected chi connectivity index (χ0v) is 17.7. The Morgan fingerprint density at radius 1 is 0.875 bits per heavy atom. The minimum Gasteiger partial charge on any atom is -0.434 e. The van der Waals surface area contributed by atoms with Crippen molar-refractivity contribution in [2.75, 3.05) is 5.32 Å². The zero-order valence-electron chi connectivity index (χ0n) is 17.7. The molecule has 0 atom stereocenters. The second-order valence-corrected chi connectivity index (χ2v) is 7.46. The van der Waals surface area contributed by atoms with Crippen molar-refractivity contribution < 1.29 is 9.66 Å². The summed E-state index contributed by atoms with van der Waals surface area (Å²) in [4.78, 5) is 19.7. The van der Waals surface area contributed by atoms with E-state index in [1.165, 1.54) is 6.33 Å². The van der Waals surface area contributed by atoms with Gasteiger partial charge in [-0.05, 0) is 48.2 Å². The van der Waals surface area contributed by atoms with E-state index in [9.17, 15) is 10.1 Å². The maximum absolute atomic E-state index is 12.0. The Balaban J connectivity index is 1.75. The van der Waals surface area contributed by atoms with Crippen molar-refractivity contribution in [3.63, 3.8) is 0 Å². The number of aromatic nitrogens is 2. The first-order valence-corrected chi connectivity index (χ1v) is 10.1. The summed E-state index contributed by atoms with van der Waals surface area (Å²) >= 11 is 0. The molecule has 7 heteroatoms. The lowest BCUT2D eigenvalue weighted by Gasteiger charge is -2.20. The van der Waals surface area contributed by atoms with Gasteiger partial charge >= 0.3 is 11.6 Å². The molecule has 0 bridgehead atoms. The van der Waals surface area contributed by atoms with Gasteiger partial charge in [0.25, 0.3) is 0 Å². The van der Waals surface area contributed by atoms with Gasteiger partial charge in [0.2, 0.25) is 5.82 Å². The molecular weight excluding hydrogens is 404 g/mol. The van der Waals surface area contributed by atoms with Crippen LogP contribution in [0.4, 0.5) is 11.5 Å². The van der Waals surface area contributed by atoms with Gasteiger partial charge in [-0.15, -0.1) is 0 Å². The molecule has 0 saturated carbocycles. The van der Waals surface area contributed by atoms with Crippen LogP contribution in [0.2, 0.25) is 0 Å². The normalized spacial score (nSPS) is 10.7. The highest BCUT2D eigenvalue weighted by Crippen LogP contribution is 2.37. The number of nitro groups is 1. The maximum atomic E-state index is 12.0. The number of nitrogens with one attached hydrogen (secondary N) is 1. The molecule has 0 unspecified atom stereocenters. The van der Waals surface area contributed by atoms with Crippen LogP contribution in [0.25, 0.3) is 0 Å². The Morgan fingerprint density at radius 3 is 1.97 bits per heavy atom. The van der Waals surface area contributed by atoms with E-state index in [0.717, 1.165) is 22.3 Å². The molecule has 0 aliphatic heterocycles. The fourth-order valence-electron chi connectivity index (χ4n) is 3.60. The van der Waals surface area contributed by atoms with E-state index >= 15 is 0 Å². The topological polar surface area (TPSA) is 90.2 Å². The Kier molecular flexibility index (Phi) is 6.07. The van der Waals surface area contributed by atoms with Crippen LogP contribution in [0.15, 0.2) is 85.2 Å². The molecule has 0 fully saturated rings. The molecule has 3 aromatic carbocycles. The summed E-state index contributed by atoms with van der Waals surface area (Å²) in [5.74, 6) is 0.456. The summed E-state index contributed by atoms with van der Waals surface area (Å²) in [5.41, 5.74) is 3.56. The summed E-state index contributed by atoms with van der Waals surface area (Å²) in [7, 11) is 0. The quantitative estimate of drug-likeness (QED) is 0.288. The second-order valence-electron chi connectivity index (χ2n) is 7.46. The lowest BCUT2D eigenvalue weighted by molar-refractivity contribution is -0.385. The van der Waals surface area contributed by atoms with Gasteiger partial charge in [0.15, 0.2) is 0 Å². The smallest absolute Gasteiger partial charge is 0.373 e. The highest BCUT2D eigenvalue weighted by atomic mass is 16.6. The summed E-state index contributed by atoms with van der Waals surface area (Å²) in [6.45, 7) is 3.87. The van der Waals surface area contributed by atoms with Gasteiger partial charge in [-0.3, -0.25) is 10.1 Å². The maximum Gasteiger partial charge on any atom is 0.373 e. The second kappa shape index (κ2) is 9.26. The minimum atomic E-state index is -0.520. The highest BCUT2D eigenvalue weighted by Gasteiger charge is 2.27. The molecule has 0 amide bonds. The van der Waals surface area contributed by atoms with Crippen molar-refractivity contribution >= 4 is 11.5 Å². The molecule has 1 heterocycles. The van der Waals surface area contributed by atoms with E-state index in [1.54, 1.807) is 0 Å². The average molecular weight is 426 g/mol. The first kappa shape index (κ1) is 21.0. The van der Waals surface area contributed by atoms with E-state index in [1.807, 2.05) is 92.7 Å². The zero-order chi connectivity index (χ0) is 22.5. The Hall–Kier alpha value is -4.26. The van der Waals surface area contributed by atoms with Crippen LogP contribution in [-0.4, -0.2) is 14.9 Å². The van der Waals surface area contributed by atoms with Gasteiger partial charge in [-0.2, -0.15) is 4.98 Å².